The summed E-state index contributed by atoms with van der Waals surface area (Å²) in [6.45, 7) is 16.4. The van der Waals surface area contributed by atoms with E-state index < -0.39 is 0 Å². The molecule has 0 bridgehead atoms. The molecule has 0 spiro atoms. The lowest BCUT2D eigenvalue weighted by Crippen LogP contribution is -2.45. The Morgan fingerprint density at radius 2 is 1.69 bits per heavy atom. The zero-order valence-corrected chi connectivity index (χ0v) is 20.1. The van der Waals surface area contributed by atoms with Crippen LogP contribution in [0.15, 0.2) is 12.1 Å². The zero-order valence-electron chi connectivity index (χ0n) is 19.3. The molecule has 0 unspecified atom stereocenters. The van der Waals surface area contributed by atoms with Crippen LogP contribution in [-0.4, -0.2) is 43.1 Å². The van der Waals surface area contributed by atoms with Crippen LogP contribution >= 0.6 is 11.9 Å². The Morgan fingerprint density at radius 3 is 2.31 bits per heavy atom. The van der Waals surface area contributed by atoms with Crippen LogP contribution < -0.4 is 14.9 Å². The molecule has 2 aliphatic rings. The van der Waals surface area contributed by atoms with E-state index in [4.69, 9.17) is 4.74 Å². The number of nitrogens with one attached hydrogen (secondary N) is 2. The van der Waals surface area contributed by atoms with Gasteiger partial charge in [-0.15, -0.1) is 0 Å². The van der Waals surface area contributed by atoms with Crippen LogP contribution in [0.4, 0.5) is 11.4 Å². The molecule has 164 valence electrons. The molecule has 1 aromatic carbocycles. The molecule has 2 atom stereocenters. The largest absolute Gasteiger partial charge is 0.385 e. The predicted molar refractivity (Wildman–Crippen MR) is 128 cm³/mol. The van der Waals surface area contributed by atoms with Crippen LogP contribution in [0, 0.1) is 19.8 Å². The summed E-state index contributed by atoms with van der Waals surface area (Å²) >= 11 is 1.89. The van der Waals surface area contributed by atoms with Crippen molar-refractivity contribution in [2.75, 3.05) is 29.9 Å². The van der Waals surface area contributed by atoms with Gasteiger partial charge in [-0.1, -0.05) is 25.8 Å². The Labute approximate surface area is 182 Å². The predicted octanol–water partition coefficient (Wildman–Crippen LogP) is 5.53. The Morgan fingerprint density at radius 1 is 1.03 bits per heavy atom. The van der Waals surface area contributed by atoms with Gasteiger partial charge in [-0.05, 0) is 82.6 Å². The number of hydrogen-bond donors (Lipinski definition) is 2. The Hall–Kier alpha value is -0.910. The lowest BCUT2D eigenvalue weighted by molar-refractivity contribution is -0.00524. The number of morpholine rings is 1. The SMILES string of the molecule is Cc1c(NCC2CCC(NSC(C)C)CC2)ccc(N2C[C@@H](C)O[C@@H](C)C2)c1C. The van der Waals surface area contributed by atoms with E-state index in [1.165, 1.54) is 48.2 Å². The van der Waals surface area contributed by atoms with Gasteiger partial charge in [0.2, 0.25) is 0 Å². The first-order valence-electron chi connectivity index (χ1n) is 11.5. The Bertz CT molecular complexity index is 648. The van der Waals surface area contributed by atoms with E-state index in [1.807, 2.05) is 11.9 Å². The molecule has 1 heterocycles. The monoisotopic (exact) mass is 419 g/mol. The number of anilines is 2. The number of ether oxygens (including phenoxy) is 1. The van der Waals surface area contributed by atoms with Crippen LogP contribution in [0.3, 0.4) is 0 Å². The number of rotatable bonds is 7. The van der Waals surface area contributed by atoms with E-state index in [9.17, 15) is 0 Å². The standard InChI is InChI=1S/C24H41N3OS/c1-16(2)29-26-22-9-7-21(8-10-22)13-25-23-11-12-24(20(6)19(23)5)27-14-17(3)28-18(4)15-27/h11-12,16-18,21-22,25-26H,7-10,13-15H2,1-6H3/t17-,18+,21?,22?. The molecule has 0 radical (unpaired) electrons. The normalized spacial score (nSPS) is 28.0. The molecule has 1 saturated carbocycles. The van der Waals surface area contributed by atoms with Gasteiger partial charge in [0.1, 0.15) is 0 Å². The molecule has 4 nitrogen and oxygen atoms in total. The van der Waals surface area contributed by atoms with Crippen molar-refractivity contribution in [2.24, 2.45) is 5.92 Å². The van der Waals surface area contributed by atoms with Gasteiger partial charge < -0.3 is 15.0 Å². The molecule has 0 amide bonds. The fourth-order valence-corrected chi connectivity index (χ4v) is 5.39. The molecule has 0 aromatic heterocycles. The summed E-state index contributed by atoms with van der Waals surface area (Å²) in [5.41, 5.74) is 5.45. The van der Waals surface area contributed by atoms with E-state index >= 15 is 0 Å². The molecular formula is C24H41N3OS. The average molecular weight is 420 g/mol. The van der Waals surface area contributed by atoms with Crippen molar-refractivity contribution in [2.45, 2.75) is 90.7 Å². The van der Waals surface area contributed by atoms with Crippen LogP contribution in [0.25, 0.3) is 0 Å². The van der Waals surface area contributed by atoms with Crippen molar-refractivity contribution in [1.29, 1.82) is 0 Å². The number of benzene rings is 1. The Balaban J connectivity index is 1.53. The van der Waals surface area contributed by atoms with Crippen molar-refractivity contribution < 1.29 is 4.74 Å². The highest BCUT2D eigenvalue weighted by Crippen LogP contribution is 2.32. The average Bonchev–Trinajstić information content (AvgIpc) is 2.67. The maximum Gasteiger partial charge on any atom is 0.0726 e. The molecule has 5 heteroatoms. The summed E-state index contributed by atoms with van der Waals surface area (Å²) < 4.78 is 9.57. The first-order valence-corrected chi connectivity index (χ1v) is 12.4. The molecule has 3 rings (SSSR count). The van der Waals surface area contributed by atoms with Crippen LogP contribution in [-0.2, 0) is 4.74 Å². The van der Waals surface area contributed by atoms with Gasteiger partial charge in [0.15, 0.2) is 0 Å². The van der Waals surface area contributed by atoms with Gasteiger partial charge >= 0.3 is 0 Å². The van der Waals surface area contributed by atoms with Gasteiger partial charge in [-0.25, -0.2) is 0 Å². The van der Waals surface area contributed by atoms with Gasteiger partial charge in [0, 0.05) is 42.3 Å². The topological polar surface area (TPSA) is 36.5 Å². The fraction of sp³-hybridized carbons (Fsp3) is 0.750. The van der Waals surface area contributed by atoms with Gasteiger partial charge in [-0.3, -0.25) is 4.72 Å². The molecule has 1 aliphatic heterocycles. The van der Waals surface area contributed by atoms with E-state index in [1.54, 1.807) is 0 Å². The van der Waals surface area contributed by atoms with Crippen LogP contribution in [0.5, 0.6) is 0 Å². The van der Waals surface area contributed by atoms with Crippen LogP contribution in [0.1, 0.15) is 64.5 Å². The van der Waals surface area contributed by atoms with E-state index in [2.05, 4.69) is 68.6 Å². The fourth-order valence-electron chi connectivity index (χ4n) is 4.69. The zero-order chi connectivity index (χ0) is 21.0. The first-order chi connectivity index (χ1) is 13.8. The molecule has 2 fully saturated rings. The van der Waals surface area contributed by atoms with Gasteiger partial charge in [0.25, 0.3) is 0 Å². The minimum atomic E-state index is 0.291. The maximum atomic E-state index is 5.91. The van der Waals surface area contributed by atoms with Crippen molar-refractivity contribution in [3.63, 3.8) is 0 Å². The highest BCUT2D eigenvalue weighted by atomic mass is 32.2. The summed E-state index contributed by atoms with van der Waals surface area (Å²) in [5.74, 6) is 0.789. The molecule has 1 saturated heterocycles. The minimum Gasteiger partial charge on any atom is -0.385 e. The van der Waals surface area contributed by atoms with Crippen molar-refractivity contribution in [1.82, 2.24) is 4.72 Å². The minimum absolute atomic E-state index is 0.291. The highest BCUT2D eigenvalue weighted by molar-refractivity contribution is 7.98. The highest BCUT2D eigenvalue weighted by Gasteiger charge is 2.25. The summed E-state index contributed by atoms with van der Waals surface area (Å²) in [5, 5.41) is 4.43. The van der Waals surface area contributed by atoms with Gasteiger partial charge in [0.05, 0.1) is 12.2 Å². The third kappa shape index (κ3) is 6.28. The summed E-state index contributed by atoms with van der Waals surface area (Å²) in [4.78, 5) is 2.49. The maximum absolute atomic E-state index is 5.91. The second-order valence-electron chi connectivity index (χ2n) is 9.43. The van der Waals surface area contributed by atoms with Crippen molar-refractivity contribution >= 4 is 23.3 Å². The molecule has 1 aliphatic carbocycles. The third-order valence-electron chi connectivity index (χ3n) is 6.42. The summed E-state index contributed by atoms with van der Waals surface area (Å²) in [6, 6.07) is 5.29. The third-order valence-corrected chi connectivity index (χ3v) is 7.36. The number of nitrogens with zero attached hydrogens (tertiary/aromatic N) is 1. The van der Waals surface area contributed by atoms with E-state index in [0.29, 0.717) is 23.5 Å². The smallest absolute Gasteiger partial charge is 0.0726 e. The second-order valence-corrected chi connectivity index (χ2v) is 10.8. The summed E-state index contributed by atoms with van der Waals surface area (Å²) in [7, 11) is 0. The van der Waals surface area contributed by atoms with E-state index in [-0.39, 0.29) is 0 Å². The van der Waals surface area contributed by atoms with Crippen molar-refractivity contribution in [3.8, 4) is 0 Å². The second kappa shape index (κ2) is 10.4. The molecule has 29 heavy (non-hydrogen) atoms. The summed E-state index contributed by atoms with van der Waals surface area (Å²) in [6.07, 6.45) is 5.83. The molecular weight excluding hydrogens is 378 g/mol. The Kier molecular flexibility index (Phi) is 8.17. The molecule has 1 aromatic rings. The van der Waals surface area contributed by atoms with E-state index in [0.717, 1.165) is 25.6 Å². The first kappa shape index (κ1) is 22.8. The molecule has 2 N–H and O–H groups in total. The number of hydrogen-bond acceptors (Lipinski definition) is 5. The lowest BCUT2D eigenvalue weighted by atomic mass is 9.86. The van der Waals surface area contributed by atoms with Crippen LogP contribution in [0.2, 0.25) is 0 Å². The lowest BCUT2D eigenvalue weighted by Gasteiger charge is -2.38. The quantitative estimate of drug-likeness (QED) is 0.568. The van der Waals surface area contributed by atoms with Crippen molar-refractivity contribution in [3.05, 3.63) is 23.3 Å². The van der Waals surface area contributed by atoms with Gasteiger partial charge in [-0.2, -0.15) is 0 Å².